The molecule has 1 aliphatic rings. The van der Waals surface area contributed by atoms with Crippen LogP contribution in [0.3, 0.4) is 0 Å². The molecular weight excluding hydrogens is 238 g/mol. The maximum atomic E-state index is 5.71. The minimum Gasteiger partial charge on any atom is -0.339 e. The van der Waals surface area contributed by atoms with Gasteiger partial charge >= 0.3 is 0 Å². The summed E-state index contributed by atoms with van der Waals surface area (Å²) >= 11 is 0. The lowest BCUT2D eigenvalue weighted by Crippen LogP contribution is -2.39. The Kier molecular flexibility index (Phi) is 5.54. The first-order valence-corrected chi connectivity index (χ1v) is 7.31. The van der Waals surface area contributed by atoms with E-state index in [1.165, 1.54) is 12.8 Å². The Hall–Kier alpha value is -1.20. The van der Waals surface area contributed by atoms with E-state index in [0.717, 1.165) is 45.1 Å². The Balaban J connectivity index is 1.94. The Labute approximate surface area is 115 Å². The lowest BCUT2D eigenvalue weighted by atomic mass is 10.1. The third-order valence-corrected chi connectivity index (χ3v) is 3.85. The molecule has 0 spiro atoms. The number of hydrogen-bond donors (Lipinski definition) is 1. The van der Waals surface area contributed by atoms with E-state index in [9.17, 15) is 0 Å². The first-order valence-electron chi connectivity index (χ1n) is 7.31. The van der Waals surface area contributed by atoms with Crippen molar-refractivity contribution in [1.82, 2.24) is 14.9 Å². The average molecular weight is 263 g/mol. The van der Waals surface area contributed by atoms with Crippen LogP contribution in [-0.2, 0) is 0 Å². The third kappa shape index (κ3) is 3.88. The van der Waals surface area contributed by atoms with Crippen LogP contribution in [0.4, 0.5) is 5.95 Å². The molecule has 2 N–H and O–H groups in total. The van der Waals surface area contributed by atoms with Crippen LogP contribution in [0.5, 0.6) is 0 Å². The summed E-state index contributed by atoms with van der Waals surface area (Å²) in [5, 5.41) is 0. The van der Waals surface area contributed by atoms with Crippen molar-refractivity contribution in [3.8, 4) is 0 Å². The van der Waals surface area contributed by atoms with Gasteiger partial charge < -0.3 is 10.6 Å². The van der Waals surface area contributed by atoms with Gasteiger partial charge in [-0.3, -0.25) is 4.90 Å². The van der Waals surface area contributed by atoms with E-state index in [0.29, 0.717) is 6.04 Å². The predicted octanol–water partition coefficient (Wildman–Crippen LogP) is 1.12. The van der Waals surface area contributed by atoms with Gasteiger partial charge in [-0.25, -0.2) is 9.97 Å². The van der Waals surface area contributed by atoms with Crippen molar-refractivity contribution >= 4 is 5.95 Å². The molecule has 0 aromatic carbocycles. The van der Waals surface area contributed by atoms with Gasteiger partial charge in [-0.15, -0.1) is 0 Å². The van der Waals surface area contributed by atoms with E-state index in [2.05, 4.69) is 26.7 Å². The highest BCUT2D eigenvalue weighted by molar-refractivity contribution is 5.28. The zero-order valence-corrected chi connectivity index (χ0v) is 11.8. The molecule has 5 heteroatoms. The second-order valence-electron chi connectivity index (χ2n) is 5.06. The lowest BCUT2D eigenvalue weighted by Gasteiger charge is -2.29. The minimum atomic E-state index is 0.627. The maximum absolute atomic E-state index is 5.71. The SMILES string of the molecule is CCC(CCN)N1CCCN(c2ncccn2)CC1. The topological polar surface area (TPSA) is 58.3 Å². The molecule has 1 atom stereocenters. The largest absolute Gasteiger partial charge is 0.339 e. The zero-order chi connectivity index (χ0) is 13.5. The molecule has 1 aliphatic heterocycles. The van der Waals surface area contributed by atoms with Gasteiger partial charge in [0.2, 0.25) is 5.95 Å². The first-order chi connectivity index (χ1) is 9.35. The monoisotopic (exact) mass is 263 g/mol. The van der Waals surface area contributed by atoms with Crippen molar-refractivity contribution in [3.05, 3.63) is 18.5 Å². The molecule has 0 aliphatic carbocycles. The molecule has 1 saturated heterocycles. The van der Waals surface area contributed by atoms with Crippen molar-refractivity contribution < 1.29 is 0 Å². The normalized spacial score (nSPS) is 19.2. The number of rotatable bonds is 5. The molecule has 106 valence electrons. The highest BCUT2D eigenvalue weighted by Crippen LogP contribution is 2.14. The summed E-state index contributed by atoms with van der Waals surface area (Å²) in [6, 6.07) is 2.49. The average Bonchev–Trinajstić information content (AvgIpc) is 2.71. The highest BCUT2D eigenvalue weighted by atomic mass is 15.3. The third-order valence-electron chi connectivity index (χ3n) is 3.85. The summed E-state index contributed by atoms with van der Waals surface area (Å²) in [4.78, 5) is 13.6. The Morgan fingerprint density at radius 3 is 2.68 bits per heavy atom. The smallest absolute Gasteiger partial charge is 0.225 e. The summed E-state index contributed by atoms with van der Waals surface area (Å²) < 4.78 is 0. The van der Waals surface area contributed by atoms with Crippen molar-refractivity contribution in [2.24, 2.45) is 5.73 Å². The van der Waals surface area contributed by atoms with Gasteiger partial charge in [0.1, 0.15) is 0 Å². The Morgan fingerprint density at radius 1 is 1.21 bits per heavy atom. The Bertz CT molecular complexity index is 356. The fraction of sp³-hybridized carbons (Fsp3) is 0.714. The number of anilines is 1. The quantitative estimate of drug-likeness (QED) is 0.862. The van der Waals surface area contributed by atoms with Gasteiger partial charge in [0.05, 0.1) is 0 Å². The molecule has 19 heavy (non-hydrogen) atoms. The maximum Gasteiger partial charge on any atom is 0.225 e. The summed E-state index contributed by atoms with van der Waals surface area (Å²) in [7, 11) is 0. The van der Waals surface area contributed by atoms with Crippen LogP contribution in [0.2, 0.25) is 0 Å². The zero-order valence-electron chi connectivity index (χ0n) is 11.8. The van der Waals surface area contributed by atoms with E-state index in [1.807, 2.05) is 18.5 Å². The second-order valence-corrected chi connectivity index (χ2v) is 5.06. The summed E-state index contributed by atoms with van der Waals surface area (Å²) in [6.07, 6.45) is 7.07. The summed E-state index contributed by atoms with van der Waals surface area (Å²) in [5.41, 5.74) is 5.71. The van der Waals surface area contributed by atoms with Crippen LogP contribution in [0.1, 0.15) is 26.2 Å². The molecule has 1 fully saturated rings. The van der Waals surface area contributed by atoms with Gasteiger partial charge in [0.25, 0.3) is 0 Å². The van der Waals surface area contributed by atoms with Crippen molar-refractivity contribution in [3.63, 3.8) is 0 Å². The van der Waals surface area contributed by atoms with Crippen LogP contribution < -0.4 is 10.6 Å². The molecule has 0 radical (unpaired) electrons. The van der Waals surface area contributed by atoms with Crippen molar-refractivity contribution in [1.29, 1.82) is 0 Å². The fourth-order valence-electron chi connectivity index (χ4n) is 2.79. The fourth-order valence-corrected chi connectivity index (χ4v) is 2.79. The van der Waals surface area contributed by atoms with E-state index in [4.69, 9.17) is 5.73 Å². The Morgan fingerprint density at radius 2 is 2.00 bits per heavy atom. The van der Waals surface area contributed by atoms with Crippen LogP contribution in [-0.4, -0.2) is 53.6 Å². The number of aromatic nitrogens is 2. The van der Waals surface area contributed by atoms with Gasteiger partial charge in [0, 0.05) is 44.6 Å². The lowest BCUT2D eigenvalue weighted by molar-refractivity contribution is 0.196. The molecule has 1 aromatic rings. The molecule has 0 saturated carbocycles. The summed E-state index contributed by atoms with van der Waals surface area (Å²) in [5.74, 6) is 0.858. The van der Waals surface area contributed by atoms with E-state index in [1.54, 1.807) is 0 Å². The number of hydrogen-bond acceptors (Lipinski definition) is 5. The molecule has 0 bridgehead atoms. The number of nitrogens with two attached hydrogens (primary N) is 1. The standard InChI is InChI=1S/C14H25N5/c1-2-13(5-6-15)18-9-4-10-19(12-11-18)14-16-7-3-8-17-14/h3,7-8,13H,2,4-6,9-12,15H2,1H3. The van der Waals surface area contributed by atoms with E-state index >= 15 is 0 Å². The van der Waals surface area contributed by atoms with Gasteiger partial charge in [-0.1, -0.05) is 6.92 Å². The molecule has 1 unspecified atom stereocenters. The molecule has 0 amide bonds. The van der Waals surface area contributed by atoms with Gasteiger partial charge in [-0.2, -0.15) is 0 Å². The predicted molar refractivity (Wildman–Crippen MR) is 78.2 cm³/mol. The van der Waals surface area contributed by atoms with Crippen molar-refractivity contribution in [2.75, 3.05) is 37.6 Å². The van der Waals surface area contributed by atoms with E-state index in [-0.39, 0.29) is 0 Å². The first kappa shape index (κ1) is 14.2. The molecule has 2 rings (SSSR count). The molecule has 5 nitrogen and oxygen atoms in total. The molecule has 2 heterocycles. The van der Waals surface area contributed by atoms with Crippen LogP contribution in [0.15, 0.2) is 18.5 Å². The second kappa shape index (κ2) is 7.40. The van der Waals surface area contributed by atoms with Gasteiger partial charge in [0.15, 0.2) is 0 Å². The molecule has 1 aromatic heterocycles. The van der Waals surface area contributed by atoms with Crippen molar-refractivity contribution in [2.45, 2.75) is 32.2 Å². The van der Waals surface area contributed by atoms with Crippen LogP contribution in [0, 0.1) is 0 Å². The number of nitrogens with zero attached hydrogens (tertiary/aromatic N) is 4. The molecular formula is C14H25N5. The van der Waals surface area contributed by atoms with E-state index < -0.39 is 0 Å². The van der Waals surface area contributed by atoms with Crippen LogP contribution >= 0.6 is 0 Å². The minimum absolute atomic E-state index is 0.627. The van der Waals surface area contributed by atoms with Crippen LogP contribution in [0.25, 0.3) is 0 Å². The highest BCUT2D eigenvalue weighted by Gasteiger charge is 2.21. The van der Waals surface area contributed by atoms with Gasteiger partial charge in [-0.05, 0) is 31.9 Å². The summed E-state index contributed by atoms with van der Waals surface area (Å²) in [6.45, 7) is 7.31.